The molecule has 0 amide bonds. The van der Waals surface area contributed by atoms with Crippen LogP contribution in [0.4, 0.5) is 105 Å². The minimum absolute atomic E-state index is 0.236. The van der Waals surface area contributed by atoms with E-state index in [2.05, 4.69) is 123 Å². The Kier molecular flexibility index (Phi) is 21.5. The second-order valence-corrected chi connectivity index (χ2v) is 25.7. The van der Waals surface area contributed by atoms with Gasteiger partial charge in [-0.25, -0.2) is 75.0 Å². The fourth-order valence-corrected chi connectivity index (χ4v) is 11.2. The van der Waals surface area contributed by atoms with E-state index < -0.39 is 52.6 Å². The number of H-pyrrole nitrogens is 4. The molecule has 16 rings (SSSR count). The second-order valence-electron chi connectivity index (χ2n) is 25.7. The molecule has 12 N–H and O–H groups in total. The van der Waals surface area contributed by atoms with Crippen molar-refractivity contribution in [1.82, 2.24) is 80.7 Å². The van der Waals surface area contributed by atoms with Crippen LogP contribution >= 0.6 is 0 Å². The SMILES string of the molecule is CC(Nc1cc(Nc2cc(C3CC3)[nH]n2)ncn1)c1cc(F)ccc1F.CC(Nc1cc(Nc2cc(C3CC3)[nH]n2)ncn1)c1ccc(F)cc1F.C[C@@H](Nc1cc(Nc2cc(C3CC3)[nH]n2)ncn1)c1ccc(F)cc1F.C[C@H](Nc1cc(Nc2cc(C3CC3)[nH]n2)ncn1)c1ccc(F)cc1F. The minimum Gasteiger partial charge on any atom is -0.363 e. The van der Waals surface area contributed by atoms with Crippen LogP contribution in [0.2, 0.25) is 0 Å². The van der Waals surface area contributed by atoms with Crippen LogP contribution in [0.3, 0.4) is 0 Å². The molecule has 4 aliphatic carbocycles. The highest BCUT2D eigenvalue weighted by molar-refractivity contribution is 5.60. The lowest BCUT2D eigenvalue weighted by molar-refractivity contribution is 0.565. The summed E-state index contributed by atoms with van der Waals surface area (Å²) in [5.41, 5.74) is 5.82. The molecule has 536 valence electrons. The lowest BCUT2D eigenvalue weighted by Crippen LogP contribution is -2.10. The Labute approximate surface area is 590 Å². The van der Waals surface area contributed by atoms with Gasteiger partial charge in [-0.15, -0.1) is 0 Å². The first-order valence-corrected chi connectivity index (χ1v) is 33.8. The van der Waals surface area contributed by atoms with Crippen molar-refractivity contribution in [1.29, 1.82) is 0 Å². The van der Waals surface area contributed by atoms with E-state index in [1.54, 1.807) is 52.0 Å². The summed E-state index contributed by atoms with van der Waals surface area (Å²) < 4.78 is 108. The number of hydrogen-bond acceptors (Lipinski definition) is 20. The summed E-state index contributed by atoms with van der Waals surface area (Å²) in [5, 5.41) is 53.8. The van der Waals surface area contributed by atoms with E-state index in [-0.39, 0.29) is 23.7 Å². The van der Waals surface area contributed by atoms with Crippen molar-refractivity contribution < 1.29 is 35.1 Å². The molecule has 8 heterocycles. The number of nitrogens with one attached hydrogen (secondary N) is 12. The third-order valence-electron chi connectivity index (χ3n) is 17.3. The van der Waals surface area contributed by atoms with Crippen LogP contribution in [0.5, 0.6) is 0 Å². The normalized spacial score (nSPS) is 14.9. The summed E-state index contributed by atoms with van der Waals surface area (Å²) >= 11 is 0. The molecule has 4 saturated carbocycles. The summed E-state index contributed by atoms with van der Waals surface area (Å²) in [6, 6.07) is 27.1. The van der Waals surface area contributed by atoms with Gasteiger partial charge in [-0.2, -0.15) is 20.4 Å². The Morgan fingerprint density at radius 3 is 0.769 bits per heavy atom. The highest BCUT2D eigenvalue weighted by Crippen LogP contribution is 2.43. The van der Waals surface area contributed by atoms with Crippen molar-refractivity contribution in [2.45, 2.75) is 127 Å². The van der Waals surface area contributed by atoms with Gasteiger partial charge in [0.1, 0.15) is 118 Å². The molecule has 4 aliphatic rings. The zero-order valence-corrected chi connectivity index (χ0v) is 56.5. The molecular weight excluding hydrogens is 1350 g/mol. The topological polar surface area (TPSA) is 314 Å². The maximum Gasteiger partial charge on any atom is 0.153 e. The average Bonchev–Trinajstić information content (AvgIpc) is 1.67. The summed E-state index contributed by atoms with van der Waals surface area (Å²) in [7, 11) is 0. The third kappa shape index (κ3) is 19.3. The third-order valence-corrected chi connectivity index (χ3v) is 17.3. The molecule has 0 radical (unpaired) electrons. The maximum atomic E-state index is 13.9. The Morgan fingerprint density at radius 2 is 0.510 bits per heavy atom. The molecule has 2 unspecified atom stereocenters. The van der Waals surface area contributed by atoms with Gasteiger partial charge in [0, 0.05) is 135 Å². The van der Waals surface area contributed by atoms with Crippen LogP contribution in [0.25, 0.3) is 0 Å². The molecule has 0 aliphatic heterocycles. The van der Waals surface area contributed by atoms with Gasteiger partial charge in [0.25, 0.3) is 0 Å². The van der Waals surface area contributed by atoms with Gasteiger partial charge in [0.05, 0.1) is 24.2 Å². The molecular formula is C72H72F8N24. The van der Waals surface area contributed by atoms with Gasteiger partial charge < -0.3 is 42.5 Å². The van der Waals surface area contributed by atoms with Gasteiger partial charge in [-0.1, -0.05) is 18.2 Å². The molecule has 0 saturated heterocycles. The van der Waals surface area contributed by atoms with Crippen LogP contribution in [0.15, 0.2) is 147 Å². The molecule has 4 atom stereocenters. The lowest BCUT2D eigenvalue weighted by Gasteiger charge is -2.16. The average molecular weight is 1430 g/mol. The van der Waals surface area contributed by atoms with Gasteiger partial charge in [0.15, 0.2) is 23.3 Å². The Morgan fingerprint density at radius 1 is 0.269 bits per heavy atom. The Balaban J connectivity index is 0.000000123. The first kappa shape index (κ1) is 70.3. The number of benzene rings is 4. The van der Waals surface area contributed by atoms with Crippen molar-refractivity contribution in [2.24, 2.45) is 0 Å². The number of hydrogen-bond donors (Lipinski definition) is 12. The van der Waals surface area contributed by atoms with Gasteiger partial charge in [-0.3, -0.25) is 20.4 Å². The van der Waals surface area contributed by atoms with Crippen LogP contribution in [0, 0.1) is 46.5 Å². The largest absolute Gasteiger partial charge is 0.363 e. The number of halogens is 8. The molecule has 32 heteroatoms. The zero-order chi connectivity index (χ0) is 72.4. The van der Waals surface area contributed by atoms with E-state index in [9.17, 15) is 35.1 Å². The second kappa shape index (κ2) is 31.8. The van der Waals surface area contributed by atoms with Crippen molar-refractivity contribution in [3.8, 4) is 0 Å². The van der Waals surface area contributed by atoms with E-state index in [4.69, 9.17) is 0 Å². The summed E-state index contributed by atoms with van der Waals surface area (Å²) in [6.45, 7) is 7.08. The number of rotatable bonds is 24. The number of aromatic nitrogens is 16. The predicted octanol–water partition coefficient (Wildman–Crippen LogP) is 17.1. The molecule has 24 nitrogen and oxygen atoms in total. The Hall–Kier alpha value is -12.1. The van der Waals surface area contributed by atoms with Crippen LogP contribution in [0.1, 0.15) is 172 Å². The van der Waals surface area contributed by atoms with Crippen LogP contribution < -0.4 is 42.5 Å². The molecule has 0 spiro atoms. The van der Waals surface area contributed by atoms with Crippen LogP contribution in [-0.4, -0.2) is 80.7 Å². The molecule has 0 bridgehead atoms. The van der Waals surface area contributed by atoms with E-state index in [1.165, 1.54) is 119 Å². The number of nitrogens with zero attached hydrogens (tertiary/aromatic N) is 12. The Bertz CT molecular complexity index is 4540. The highest BCUT2D eigenvalue weighted by atomic mass is 19.2. The minimum atomic E-state index is -0.600. The van der Waals surface area contributed by atoms with Gasteiger partial charge in [0.2, 0.25) is 0 Å². The van der Waals surface area contributed by atoms with Crippen molar-refractivity contribution in [3.05, 3.63) is 238 Å². The molecule has 8 aromatic heterocycles. The van der Waals surface area contributed by atoms with Crippen LogP contribution in [-0.2, 0) is 0 Å². The molecule has 4 fully saturated rings. The van der Waals surface area contributed by atoms with E-state index in [0.29, 0.717) is 110 Å². The first-order chi connectivity index (χ1) is 50.3. The highest BCUT2D eigenvalue weighted by Gasteiger charge is 2.29. The summed E-state index contributed by atoms with van der Waals surface area (Å²) in [4.78, 5) is 33.3. The summed E-state index contributed by atoms with van der Waals surface area (Å²) in [6.07, 6.45) is 15.2. The molecule has 4 aromatic carbocycles. The monoisotopic (exact) mass is 1420 g/mol. The zero-order valence-electron chi connectivity index (χ0n) is 56.5. The number of anilines is 12. The van der Waals surface area contributed by atoms with Gasteiger partial charge in [-0.05, 0) is 115 Å². The van der Waals surface area contributed by atoms with E-state index >= 15 is 0 Å². The quantitative estimate of drug-likeness (QED) is 0.0250. The van der Waals surface area contributed by atoms with Crippen molar-refractivity contribution >= 4 is 69.8 Å². The standard InChI is InChI=1S/4C18H18F2N6/c1-10(13-6-12(19)4-5-14(13)20)23-16-8-17(22-9-21-16)24-18-7-15(25-26-18)11-2-3-11;3*1-10(13-5-4-12(19)6-14(13)20)23-16-8-17(22-9-21-16)24-18-7-15(25-26-18)11-2-3-11/h4*4-11H,2-3H2,1H3,(H3,21,22,23,24,25,26)/t;2*10-;/m.10./s1. The fraction of sp³-hybridized carbons (Fsp3) is 0.278. The predicted molar refractivity (Wildman–Crippen MR) is 377 cm³/mol. The number of aromatic amines is 4. The maximum absolute atomic E-state index is 13.9. The van der Waals surface area contributed by atoms with E-state index in [1.807, 2.05) is 24.3 Å². The van der Waals surface area contributed by atoms with Crippen molar-refractivity contribution in [2.75, 3.05) is 42.5 Å². The van der Waals surface area contributed by atoms with Crippen molar-refractivity contribution in [3.63, 3.8) is 0 Å². The molecule has 104 heavy (non-hydrogen) atoms. The summed E-state index contributed by atoms with van der Waals surface area (Å²) in [5.74, 6) is 4.91. The van der Waals surface area contributed by atoms with Gasteiger partial charge >= 0.3 is 0 Å². The fourth-order valence-electron chi connectivity index (χ4n) is 11.2. The van der Waals surface area contributed by atoms with E-state index in [0.717, 1.165) is 53.1 Å². The smallest absolute Gasteiger partial charge is 0.153 e. The lowest BCUT2D eigenvalue weighted by atomic mass is 10.1. The first-order valence-electron chi connectivity index (χ1n) is 33.8. The molecule has 12 aromatic rings.